The van der Waals surface area contributed by atoms with Crippen molar-refractivity contribution in [3.8, 4) is 0 Å². The summed E-state index contributed by atoms with van der Waals surface area (Å²) in [5.74, 6) is -0.965. The third-order valence-corrected chi connectivity index (χ3v) is 12.3. The van der Waals surface area contributed by atoms with Gasteiger partial charge in [0, 0.05) is 74.3 Å². The standard InChI is InChI=1S/C25H24ClFN6O2.C24H21ClFN5O2S/c1-32-10-12-33(13-11-32)23(28)16-6-8-18(20(27)14-16)24(34)30-21-5-3-2-4-19(21)25(35)31-22-9-7-17(26)15-29-22;25-16-6-8-21(28-14-16)30-24(33)18-3-1-2-4-20(18)29-23(32)17-7-5-15(13-19(17)26)22(27)31-9-11-34-12-10-31/h2-9,14-15,28H,10-13H2,1H3,(H,30,34)(H,29,31,35);1-8,13-14,27H,9-12H2,(H,29,32)(H,28,30,33). The summed E-state index contributed by atoms with van der Waals surface area (Å²) in [6, 6.07) is 27.3. The second-order valence-corrected chi connectivity index (χ2v) is 17.7. The lowest BCUT2D eigenvalue weighted by molar-refractivity contribution is 0.100. The number of carbonyl (C=O) groups excluding carboxylic acids is 4. The van der Waals surface area contributed by atoms with Crippen molar-refractivity contribution in [2.75, 3.05) is 79.1 Å². The molecule has 4 heterocycles. The molecule has 354 valence electrons. The number of piperazine rings is 1. The topological polar surface area (TPSA) is 200 Å². The maximum atomic E-state index is 14.9. The monoisotopic (exact) mass is 991 g/mol. The highest BCUT2D eigenvalue weighted by atomic mass is 35.5. The van der Waals surface area contributed by atoms with Crippen LogP contribution in [0.15, 0.2) is 122 Å². The number of hydrogen-bond acceptors (Lipinski definition) is 10. The van der Waals surface area contributed by atoms with Crippen molar-refractivity contribution in [1.82, 2.24) is 24.7 Å². The minimum atomic E-state index is -0.744. The number of nitrogens with one attached hydrogen (secondary N) is 6. The van der Waals surface area contributed by atoms with Crippen LogP contribution in [0.1, 0.15) is 52.6 Å². The van der Waals surface area contributed by atoms with E-state index in [9.17, 15) is 28.0 Å². The number of carbonyl (C=O) groups is 4. The Morgan fingerprint density at radius 1 is 0.536 bits per heavy atom. The molecule has 6 aromatic rings. The maximum absolute atomic E-state index is 14.9. The molecule has 2 aliphatic rings. The fourth-order valence-electron chi connectivity index (χ4n) is 7.10. The van der Waals surface area contributed by atoms with Gasteiger partial charge in [-0.1, -0.05) is 59.6 Å². The van der Waals surface area contributed by atoms with Crippen molar-refractivity contribution in [1.29, 1.82) is 10.8 Å². The zero-order chi connectivity index (χ0) is 49.0. The molecule has 2 aliphatic heterocycles. The van der Waals surface area contributed by atoms with Gasteiger partial charge in [0.1, 0.15) is 34.9 Å². The molecule has 6 N–H and O–H groups in total. The lowest BCUT2D eigenvalue weighted by atomic mass is 10.1. The number of hydrogen-bond donors (Lipinski definition) is 6. The predicted octanol–water partition coefficient (Wildman–Crippen LogP) is 8.70. The number of pyridine rings is 2. The first-order valence-corrected chi connectivity index (χ1v) is 23.3. The lowest BCUT2D eigenvalue weighted by Gasteiger charge is -2.34. The first kappa shape index (κ1) is 49.6. The minimum Gasteiger partial charge on any atom is -0.355 e. The molecule has 0 atom stereocenters. The van der Waals surface area contributed by atoms with Gasteiger partial charge in [0.25, 0.3) is 23.6 Å². The zero-order valence-electron chi connectivity index (χ0n) is 37.0. The van der Waals surface area contributed by atoms with Gasteiger partial charge in [0.2, 0.25) is 0 Å². The number of nitrogens with zero attached hydrogens (tertiary/aromatic N) is 5. The molecule has 2 aromatic heterocycles. The SMILES string of the molecule is CN1CCN(C(=N)c2ccc(C(=O)Nc3ccccc3C(=O)Nc3ccc(Cl)cn3)c(F)c2)CC1.N=C(c1ccc(C(=O)Nc2ccccc2C(=O)Nc2ccc(Cl)cn2)c(F)c1)N1CCSCC1. The number of anilines is 4. The van der Waals surface area contributed by atoms with Gasteiger partial charge < -0.3 is 36.0 Å². The van der Waals surface area contributed by atoms with Gasteiger partial charge in [-0.25, -0.2) is 18.7 Å². The summed E-state index contributed by atoms with van der Waals surface area (Å²) in [6.45, 7) is 4.49. The maximum Gasteiger partial charge on any atom is 0.258 e. The fraction of sp³-hybridized carbons (Fsp3) is 0.184. The molecule has 4 aromatic carbocycles. The summed E-state index contributed by atoms with van der Waals surface area (Å²) in [4.78, 5) is 65.2. The molecule has 8 rings (SSSR count). The number of thioether (sulfide) groups is 1. The van der Waals surface area contributed by atoms with Crippen LogP contribution < -0.4 is 21.3 Å². The van der Waals surface area contributed by atoms with E-state index < -0.39 is 35.3 Å². The smallest absolute Gasteiger partial charge is 0.258 e. The molecule has 0 aliphatic carbocycles. The lowest BCUT2D eigenvalue weighted by Crippen LogP contribution is -2.47. The van der Waals surface area contributed by atoms with Crippen LogP contribution in [-0.4, -0.2) is 118 Å². The quantitative estimate of drug-likeness (QED) is 0.0570. The first-order valence-electron chi connectivity index (χ1n) is 21.4. The van der Waals surface area contributed by atoms with Gasteiger partial charge in [-0.15, -0.1) is 0 Å². The average Bonchev–Trinajstić information content (AvgIpc) is 3.35. The van der Waals surface area contributed by atoms with E-state index in [-0.39, 0.29) is 45.3 Å². The first-order chi connectivity index (χ1) is 33.2. The molecule has 69 heavy (non-hydrogen) atoms. The Morgan fingerprint density at radius 3 is 1.35 bits per heavy atom. The van der Waals surface area contributed by atoms with Crippen LogP contribution in [0, 0.1) is 22.5 Å². The number of aromatic nitrogens is 2. The minimum absolute atomic E-state index is 0.180. The van der Waals surface area contributed by atoms with Crippen molar-refractivity contribution >= 4 is 93.3 Å². The Hall–Kier alpha value is -7.25. The summed E-state index contributed by atoms with van der Waals surface area (Å²) in [7, 11) is 2.02. The van der Waals surface area contributed by atoms with Crippen LogP contribution in [0.25, 0.3) is 0 Å². The Kier molecular flexibility index (Phi) is 16.7. The van der Waals surface area contributed by atoms with E-state index in [1.807, 2.05) is 28.6 Å². The molecule has 20 heteroatoms. The number of benzene rings is 4. The van der Waals surface area contributed by atoms with Crippen molar-refractivity contribution in [2.24, 2.45) is 0 Å². The zero-order valence-corrected chi connectivity index (χ0v) is 39.3. The number of amidine groups is 2. The van der Waals surface area contributed by atoms with Gasteiger partial charge in [-0.05, 0) is 79.8 Å². The van der Waals surface area contributed by atoms with E-state index in [2.05, 4.69) is 36.1 Å². The van der Waals surface area contributed by atoms with E-state index in [0.29, 0.717) is 45.9 Å². The average molecular weight is 993 g/mol. The van der Waals surface area contributed by atoms with Crippen LogP contribution in [-0.2, 0) is 0 Å². The summed E-state index contributed by atoms with van der Waals surface area (Å²) < 4.78 is 29.7. The van der Waals surface area contributed by atoms with E-state index in [0.717, 1.165) is 37.7 Å². The third-order valence-electron chi connectivity index (χ3n) is 10.9. The second kappa shape index (κ2) is 23.2. The number of rotatable bonds is 10. The van der Waals surface area contributed by atoms with E-state index >= 15 is 0 Å². The fourth-order valence-corrected chi connectivity index (χ4v) is 8.23. The van der Waals surface area contributed by atoms with Crippen molar-refractivity contribution < 1.29 is 28.0 Å². The molecule has 2 saturated heterocycles. The van der Waals surface area contributed by atoms with Gasteiger partial charge in [-0.2, -0.15) is 11.8 Å². The summed E-state index contributed by atoms with van der Waals surface area (Å²) in [5, 5.41) is 28.1. The largest absolute Gasteiger partial charge is 0.355 e. The molecule has 4 amide bonds. The predicted molar refractivity (Wildman–Crippen MR) is 268 cm³/mol. The van der Waals surface area contributed by atoms with Crippen molar-refractivity contribution in [3.63, 3.8) is 0 Å². The Balaban J connectivity index is 0.000000204. The van der Waals surface area contributed by atoms with Crippen molar-refractivity contribution in [2.45, 2.75) is 0 Å². The van der Waals surface area contributed by atoms with Gasteiger partial charge in [0.05, 0.1) is 43.7 Å². The van der Waals surface area contributed by atoms with Crippen LogP contribution in [0.2, 0.25) is 10.0 Å². The molecule has 0 radical (unpaired) electrons. The highest BCUT2D eigenvalue weighted by molar-refractivity contribution is 7.99. The van der Waals surface area contributed by atoms with Crippen LogP contribution in [0.3, 0.4) is 0 Å². The Morgan fingerprint density at radius 2 is 0.942 bits per heavy atom. The third kappa shape index (κ3) is 13.1. The summed E-state index contributed by atoms with van der Waals surface area (Å²) >= 11 is 13.5. The molecule has 15 nitrogen and oxygen atoms in total. The highest BCUT2D eigenvalue weighted by Gasteiger charge is 2.23. The molecular formula is C49H45Cl2F2N11O4S. The van der Waals surface area contributed by atoms with Crippen LogP contribution >= 0.6 is 35.0 Å². The molecule has 0 saturated carbocycles. The molecule has 2 fully saturated rings. The Bertz CT molecular complexity index is 2880. The molecule has 0 spiro atoms. The Labute approximate surface area is 410 Å². The van der Waals surface area contributed by atoms with Gasteiger partial charge in [-0.3, -0.25) is 30.0 Å². The summed E-state index contributed by atoms with van der Waals surface area (Å²) in [5.41, 5.74) is 1.27. The van der Waals surface area contributed by atoms with E-state index in [1.54, 1.807) is 78.9 Å². The number of halogens is 4. The van der Waals surface area contributed by atoms with Gasteiger partial charge in [0.15, 0.2) is 0 Å². The number of amides is 4. The van der Waals surface area contributed by atoms with Crippen molar-refractivity contribution in [3.05, 3.63) is 177 Å². The highest BCUT2D eigenvalue weighted by Crippen LogP contribution is 2.23. The second-order valence-electron chi connectivity index (χ2n) is 15.6. The summed E-state index contributed by atoms with van der Waals surface area (Å²) in [6.07, 6.45) is 2.81. The van der Waals surface area contributed by atoms with Crippen LogP contribution in [0.5, 0.6) is 0 Å². The molecular weight excluding hydrogens is 948 g/mol. The number of para-hydroxylation sites is 2. The van der Waals surface area contributed by atoms with E-state index in [4.69, 9.17) is 34.0 Å². The van der Waals surface area contributed by atoms with E-state index in [1.165, 1.54) is 42.7 Å². The molecule has 0 unspecified atom stereocenters. The number of likely N-dealkylation sites (N-methyl/N-ethyl adjacent to an activating group) is 1. The normalized spacial score (nSPS) is 13.6. The molecule has 0 bridgehead atoms. The van der Waals surface area contributed by atoms with Crippen LogP contribution in [0.4, 0.5) is 31.8 Å². The van der Waals surface area contributed by atoms with Gasteiger partial charge >= 0.3 is 0 Å².